The molecule has 0 spiro atoms. The third kappa shape index (κ3) is 3.98. The number of H-pyrrole nitrogens is 1. The van der Waals surface area contributed by atoms with E-state index in [4.69, 9.17) is 0 Å². The van der Waals surface area contributed by atoms with Crippen LogP contribution in [0.25, 0.3) is 10.9 Å². The molecule has 2 amide bonds. The Bertz CT molecular complexity index is 903. The van der Waals surface area contributed by atoms with Gasteiger partial charge in [0.25, 0.3) is 0 Å². The van der Waals surface area contributed by atoms with Crippen LogP contribution in [0, 0.1) is 6.92 Å². The number of carboxylic acid groups (broad SMARTS) is 1. The number of nitrogens with one attached hydrogen (secondary N) is 3. The lowest BCUT2D eigenvalue weighted by Gasteiger charge is -2.15. The monoisotopic (exact) mass is 337 g/mol. The molecule has 0 radical (unpaired) electrons. The molecule has 128 valence electrons. The van der Waals surface area contributed by atoms with E-state index in [1.807, 2.05) is 31.2 Å². The molecule has 0 saturated heterocycles. The van der Waals surface area contributed by atoms with Crippen LogP contribution in [0.15, 0.2) is 54.7 Å². The summed E-state index contributed by atoms with van der Waals surface area (Å²) in [4.78, 5) is 26.8. The van der Waals surface area contributed by atoms with Crippen molar-refractivity contribution >= 4 is 28.6 Å². The number of carboxylic acids is 1. The number of amides is 2. The smallest absolute Gasteiger partial charge is 0.326 e. The average molecular weight is 337 g/mol. The Morgan fingerprint density at radius 1 is 1.16 bits per heavy atom. The maximum absolute atomic E-state index is 12.1. The largest absolute Gasteiger partial charge is 0.480 e. The van der Waals surface area contributed by atoms with Gasteiger partial charge >= 0.3 is 12.0 Å². The second-order valence-electron chi connectivity index (χ2n) is 5.92. The number of aromatic nitrogens is 1. The predicted octanol–water partition coefficient (Wildman–Crippen LogP) is 3.29. The van der Waals surface area contributed by atoms with Gasteiger partial charge in [-0.3, -0.25) is 0 Å². The highest BCUT2D eigenvalue weighted by molar-refractivity contribution is 5.92. The fraction of sp³-hybridized carbons (Fsp3) is 0.158. The molecular weight excluding hydrogens is 318 g/mol. The lowest BCUT2D eigenvalue weighted by atomic mass is 10.0. The topological polar surface area (TPSA) is 94.2 Å². The van der Waals surface area contributed by atoms with Crippen molar-refractivity contribution in [3.05, 3.63) is 65.9 Å². The van der Waals surface area contributed by atoms with Gasteiger partial charge in [-0.1, -0.05) is 29.8 Å². The number of anilines is 1. The minimum Gasteiger partial charge on any atom is -0.480 e. The molecule has 25 heavy (non-hydrogen) atoms. The van der Waals surface area contributed by atoms with Gasteiger partial charge in [-0.05, 0) is 36.8 Å². The van der Waals surface area contributed by atoms with Crippen LogP contribution in [-0.4, -0.2) is 28.1 Å². The summed E-state index contributed by atoms with van der Waals surface area (Å²) in [5.74, 6) is -1.08. The van der Waals surface area contributed by atoms with Crippen molar-refractivity contribution in [1.29, 1.82) is 0 Å². The van der Waals surface area contributed by atoms with Gasteiger partial charge < -0.3 is 20.7 Å². The van der Waals surface area contributed by atoms with Crippen molar-refractivity contribution in [3.8, 4) is 0 Å². The number of fused-ring (bicyclic) bond motifs is 1. The summed E-state index contributed by atoms with van der Waals surface area (Å²) in [5, 5.41) is 15.6. The number of hydrogen-bond acceptors (Lipinski definition) is 2. The number of carbonyl (C=O) groups excluding carboxylic acids is 1. The highest BCUT2D eigenvalue weighted by Gasteiger charge is 2.22. The maximum atomic E-state index is 12.1. The normalized spacial score (nSPS) is 11.9. The van der Waals surface area contributed by atoms with E-state index in [-0.39, 0.29) is 6.42 Å². The fourth-order valence-corrected chi connectivity index (χ4v) is 2.73. The third-order valence-corrected chi connectivity index (χ3v) is 3.98. The number of benzene rings is 2. The van der Waals surface area contributed by atoms with Gasteiger partial charge in [0.1, 0.15) is 6.04 Å². The molecule has 1 heterocycles. The molecular formula is C19H19N3O3. The van der Waals surface area contributed by atoms with Gasteiger partial charge in [-0.25, -0.2) is 9.59 Å². The molecule has 3 aromatic rings. The molecule has 1 aromatic heterocycles. The molecule has 0 saturated carbocycles. The lowest BCUT2D eigenvalue weighted by Crippen LogP contribution is -2.44. The predicted molar refractivity (Wildman–Crippen MR) is 96.8 cm³/mol. The molecule has 0 aliphatic heterocycles. The quantitative estimate of drug-likeness (QED) is 0.575. The molecule has 0 fully saturated rings. The second-order valence-corrected chi connectivity index (χ2v) is 5.92. The third-order valence-electron chi connectivity index (χ3n) is 3.98. The van der Waals surface area contributed by atoms with Crippen molar-refractivity contribution in [2.24, 2.45) is 0 Å². The zero-order valence-corrected chi connectivity index (χ0v) is 13.7. The Hall–Kier alpha value is -3.28. The van der Waals surface area contributed by atoms with E-state index < -0.39 is 18.0 Å². The Morgan fingerprint density at radius 2 is 1.92 bits per heavy atom. The number of aromatic amines is 1. The Labute approximate surface area is 144 Å². The fourth-order valence-electron chi connectivity index (χ4n) is 2.73. The summed E-state index contributed by atoms with van der Waals surface area (Å²) in [6.07, 6.45) is 1.98. The summed E-state index contributed by atoms with van der Waals surface area (Å²) >= 11 is 0. The SMILES string of the molecule is Cc1ccc2[nH]cc(C[C@@H](NC(=O)Nc3ccccc3)C(=O)O)c2c1. The first-order valence-electron chi connectivity index (χ1n) is 7.95. The summed E-state index contributed by atoms with van der Waals surface area (Å²) in [6.45, 7) is 1.98. The Balaban J connectivity index is 1.73. The van der Waals surface area contributed by atoms with Crippen molar-refractivity contribution in [1.82, 2.24) is 10.3 Å². The minimum atomic E-state index is -1.08. The molecule has 0 bridgehead atoms. The van der Waals surface area contributed by atoms with Gasteiger partial charge in [0, 0.05) is 29.2 Å². The van der Waals surface area contributed by atoms with E-state index in [9.17, 15) is 14.7 Å². The minimum absolute atomic E-state index is 0.195. The maximum Gasteiger partial charge on any atom is 0.326 e. The lowest BCUT2D eigenvalue weighted by molar-refractivity contribution is -0.139. The average Bonchev–Trinajstić information content (AvgIpc) is 2.97. The van der Waals surface area contributed by atoms with Crippen LogP contribution in [0.3, 0.4) is 0 Å². The van der Waals surface area contributed by atoms with Crippen molar-refractivity contribution in [2.45, 2.75) is 19.4 Å². The Kier molecular flexibility index (Phi) is 4.70. The molecule has 0 unspecified atom stereocenters. The molecule has 6 nitrogen and oxygen atoms in total. The van der Waals surface area contributed by atoms with Crippen LogP contribution in [0.2, 0.25) is 0 Å². The van der Waals surface area contributed by atoms with Gasteiger partial charge in [-0.2, -0.15) is 0 Å². The summed E-state index contributed by atoms with van der Waals surface area (Å²) in [5.41, 5.74) is 3.49. The highest BCUT2D eigenvalue weighted by Crippen LogP contribution is 2.21. The molecule has 0 aliphatic rings. The number of rotatable bonds is 5. The molecule has 0 aliphatic carbocycles. The number of hydrogen-bond donors (Lipinski definition) is 4. The summed E-state index contributed by atoms with van der Waals surface area (Å²) in [7, 11) is 0. The van der Waals surface area contributed by atoms with Gasteiger partial charge in [0.05, 0.1) is 0 Å². The van der Waals surface area contributed by atoms with Crippen LogP contribution in [0.1, 0.15) is 11.1 Å². The first kappa shape index (κ1) is 16.6. The zero-order chi connectivity index (χ0) is 17.8. The highest BCUT2D eigenvalue weighted by atomic mass is 16.4. The van der Waals surface area contributed by atoms with Crippen LogP contribution >= 0.6 is 0 Å². The summed E-state index contributed by atoms with van der Waals surface area (Å²) in [6, 6.07) is 13.3. The van der Waals surface area contributed by atoms with Crippen molar-refractivity contribution in [2.75, 3.05) is 5.32 Å². The van der Waals surface area contributed by atoms with E-state index in [0.717, 1.165) is 22.0 Å². The Morgan fingerprint density at radius 3 is 2.64 bits per heavy atom. The first-order valence-corrected chi connectivity index (χ1v) is 7.95. The second kappa shape index (κ2) is 7.09. The molecule has 3 rings (SSSR count). The van der Waals surface area contributed by atoms with Crippen LogP contribution in [0.5, 0.6) is 0 Å². The zero-order valence-electron chi connectivity index (χ0n) is 13.7. The van der Waals surface area contributed by atoms with Gasteiger partial charge in [0.15, 0.2) is 0 Å². The van der Waals surface area contributed by atoms with Crippen LogP contribution in [-0.2, 0) is 11.2 Å². The molecule has 4 N–H and O–H groups in total. The van der Waals surface area contributed by atoms with Crippen LogP contribution < -0.4 is 10.6 Å². The standard InChI is InChI=1S/C19H19N3O3/c1-12-7-8-16-15(9-12)13(11-20-16)10-17(18(23)24)22-19(25)21-14-5-3-2-4-6-14/h2-9,11,17,20H,10H2,1H3,(H,23,24)(H2,21,22,25)/t17-/m1/s1. The van der Waals surface area contributed by atoms with E-state index in [1.165, 1.54) is 0 Å². The van der Waals surface area contributed by atoms with E-state index in [1.54, 1.807) is 30.5 Å². The van der Waals surface area contributed by atoms with Gasteiger partial charge in [-0.15, -0.1) is 0 Å². The number of para-hydroxylation sites is 1. The van der Waals surface area contributed by atoms with E-state index in [0.29, 0.717) is 5.69 Å². The van der Waals surface area contributed by atoms with Crippen LogP contribution in [0.4, 0.5) is 10.5 Å². The number of aliphatic carboxylic acids is 1. The molecule has 1 atom stereocenters. The van der Waals surface area contributed by atoms with E-state index in [2.05, 4.69) is 15.6 Å². The number of carbonyl (C=O) groups is 2. The summed E-state index contributed by atoms with van der Waals surface area (Å²) < 4.78 is 0. The van der Waals surface area contributed by atoms with E-state index >= 15 is 0 Å². The number of urea groups is 1. The van der Waals surface area contributed by atoms with Crippen molar-refractivity contribution < 1.29 is 14.7 Å². The number of aryl methyl sites for hydroxylation is 1. The first-order chi connectivity index (χ1) is 12.0. The molecule has 2 aromatic carbocycles. The van der Waals surface area contributed by atoms with Gasteiger partial charge in [0.2, 0.25) is 0 Å². The molecule has 6 heteroatoms. The van der Waals surface area contributed by atoms with Crippen molar-refractivity contribution in [3.63, 3.8) is 0 Å².